The summed E-state index contributed by atoms with van der Waals surface area (Å²) >= 11 is 5.73. The van der Waals surface area contributed by atoms with Crippen molar-refractivity contribution < 1.29 is 25.9 Å². The Hall–Kier alpha value is -1.28. The predicted molar refractivity (Wildman–Crippen MR) is 66.7 cm³/mol. The first-order valence-corrected chi connectivity index (χ1v) is 7.47. The maximum atomic E-state index is 13.2. The third kappa shape index (κ3) is 3.24. The number of halogens is 4. The van der Waals surface area contributed by atoms with Crippen molar-refractivity contribution in [2.24, 2.45) is 5.92 Å². The molecule has 0 N–H and O–H groups in total. The van der Waals surface area contributed by atoms with Gasteiger partial charge in [0.2, 0.25) is 5.91 Å². The summed E-state index contributed by atoms with van der Waals surface area (Å²) in [6.45, 7) is -0.118. The topological polar surface area (TPSA) is 54.5 Å². The molecule has 1 atom stereocenters. The summed E-state index contributed by atoms with van der Waals surface area (Å²) in [5.74, 6) is -4.41. The van der Waals surface area contributed by atoms with Crippen molar-refractivity contribution in [1.29, 1.82) is 0 Å². The smallest absolute Gasteiger partial charge is 0.302 e. The minimum Gasteiger partial charge on any atom is -0.310 e. The van der Waals surface area contributed by atoms with Crippen molar-refractivity contribution >= 4 is 33.4 Å². The summed E-state index contributed by atoms with van der Waals surface area (Å²) in [7, 11) is -4.71. The molecule has 1 fully saturated rings. The maximum absolute atomic E-state index is 13.2. The molecule has 0 aliphatic carbocycles. The molecule has 9 heteroatoms. The Kier molecular flexibility index (Phi) is 3.97. The predicted octanol–water partition coefficient (Wildman–Crippen LogP) is 2.27. The summed E-state index contributed by atoms with van der Waals surface area (Å²) in [5, 5.41) is -0.180. The van der Waals surface area contributed by atoms with Gasteiger partial charge in [-0.3, -0.25) is 4.79 Å². The molecule has 1 saturated heterocycles. The van der Waals surface area contributed by atoms with Crippen LogP contribution in [0.4, 0.5) is 18.4 Å². The third-order valence-electron chi connectivity index (χ3n) is 2.92. The van der Waals surface area contributed by atoms with E-state index in [4.69, 9.17) is 11.6 Å². The fourth-order valence-corrected chi connectivity index (χ4v) is 3.17. The van der Waals surface area contributed by atoms with Gasteiger partial charge in [0.05, 0.1) is 16.5 Å². The molecule has 110 valence electrons. The number of nitrogens with zero attached hydrogens (tertiary/aromatic N) is 1. The molecule has 1 aliphatic heterocycles. The van der Waals surface area contributed by atoms with Crippen LogP contribution >= 0.6 is 11.6 Å². The molecule has 0 radical (unpaired) electrons. The van der Waals surface area contributed by atoms with Crippen molar-refractivity contribution in [3.8, 4) is 0 Å². The molecule has 20 heavy (non-hydrogen) atoms. The number of anilines is 1. The van der Waals surface area contributed by atoms with Crippen molar-refractivity contribution in [2.75, 3.05) is 17.2 Å². The maximum Gasteiger partial charge on any atom is 0.302 e. The zero-order valence-electron chi connectivity index (χ0n) is 9.95. The highest BCUT2D eigenvalue weighted by atomic mass is 35.5. The Balaban J connectivity index is 2.26. The van der Waals surface area contributed by atoms with Gasteiger partial charge in [-0.15, -0.1) is 3.89 Å². The zero-order valence-corrected chi connectivity index (χ0v) is 11.5. The van der Waals surface area contributed by atoms with E-state index in [0.717, 1.165) is 17.0 Å². The first kappa shape index (κ1) is 15.1. The highest BCUT2D eigenvalue weighted by Crippen LogP contribution is 2.33. The van der Waals surface area contributed by atoms with E-state index in [-0.39, 0.29) is 23.7 Å². The van der Waals surface area contributed by atoms with Crippen LogP contribution in [0.15, 0.2) is 12.1 Å². The van der Waals surface area contributed by atoms with Crippen molar-refractivity contribution in [1.82, 2.24) is 0 Å². The van der Waals surface area contributed by atoms with Gasteiger partial charge in [0.25, 0.3) is 0 Å². The van der Waals surface area contributed by atoms with Crippen LogP contribution in [0.3, 0.4) is 0 Å². The van der Waals surface area contributed by atoms with Crippen LogP contribution in [0.25, 0.3) is 0 Å². The normalized spacial score (nSPS) is 19.7. The Morgan fingerprint density at radius 1 is 1.30 bits per heavy atom. The Morgan fingerprint density at radius 2 is 1.90 bits per heavy atom. The minimum absolute atomic E-state index is 0.0608. The van der Waals surface area contributed by atoms with Crippen LogP contribution < -0.4 is 4.90 Å². The van der Waals surface area contributed by atoms with Gasteiger partial charge in [0.1, 0.15) is 0 Å². The average Bonchev–Trinajstić information content (AvgIpc) is 2.62. The molecule has 1 aromatic rings. The van der Waals surface area contributed by atoms with Crippen molar-refractivity contribution in [3.05, 3.63) is 28.8 Å². The van der Waals surface area contributed by atoms with E-state index < -0.39 is 39.4 Å². The van der Waals surface area contributed by atoms with Crippen LogP contribution in [0.1, 0.15) is 6.42 Å². The van der Waals surface area contributed by atoms with Crippen LogP contribution in [0.5, 0.6) is 0 Å². The number of rotatable bonds is 3. The first-order chi connectivity index (χ1) is 9.17. The monoisotopic (exact) mass is 327 g/mol. The molecule has 1 amide bonds. The quantitative estimate of drug-likeness (QED) is 0.632. The van der Waals surface area contributed by atoms with Gasteiger partial charge in [-0.2, -0.15) is 8.42 Å². The van der Waals surface area contributed by atoms with E-state index in [1.807, 2.05) is 0 Å². The molecule has 0 aromatic heterocycles. The average molecular weight is 328 g/mol. The highest BCUT2D eigenvalue weighted by Gasteiger charge is 2.34. The fraction of sp³-hybridized carbons (Fsp3) is 0.364. The van der Waals surface area contributed by atoms with Crippen LogP contribution in [0, 0.1) is 17.6 Å². The number of hydrogen-bond donors (Lipinski definition) is 0. The second kappa shape index (κ2) is 5.25. The molecule has 0 spiro atoms. The summed E-state index contributed by atoms with van der Waals surface area (Å²) in [6, 6.07) is 1.47. The van der Waals surface area contributed by atoms with Gasteiger partial charge in [-0.05, 0) is 6.07 Å². The van der Waals surface area contributed by atoms with Gasteiger partial charge in [-0.25, -0.2) is 8.78 Å². The van der Waals surface area contributed by atoms with E-state index in [1.165, 1.54) is 0 Å². The Bertz CT molecular complexity index is 665. The van der Waals surface area contributed by atoms with E-state index in [9.17, 15) is 25.9 Å². The molecular formula is C11H9ClF3NO3S. The number of carbonyl (C=O) groups is 1. The lowest BCUT2D eigenvalue weighted by molar-refractivity contribution is -0.117. The number of hydrogen-bond acceptors (Lipinski definition) is 3. The van der Waals surface area contributed by atoms with Gasteiger partial charge in [-0.1, -0.05) is 11.6 Å². The van der Waals surface area contributed by atoms with Crippen molar-refractivity contribution in [3.63, 3.8) is 0 Å². The Morgan fingerprint density at radius 3 is 2.50 bits per heavy atom. The molecule has 1 aromatic carbocycles. The van der Waals surface area contributed by atoms with Gasteiger partial charge >= 0.3 is 10.2 Å². The van der Waals surface area contributed by atoms with Crippen molar-refractivity contribution in [2.45, 2.75) is 6.42 Å². The highest BCUT2D eigenvalue weighted by molar-refractivity contribution is 7.86. The lowest BCUT2D eigenvalue weighted by atomic mass is 10.1. The van der Waals surface area contributed by atoms with Crippen LogP contribution in [-0.2, 0) is 15.0 Å². The van der Waals surface area contributed by atoms with Gasteiger partial charge in [0, 0.05) is 24.9 Å². The summed E-state index contributed by atoms with van der Waals surface area (Å²) in [4.78, 5) is 12.8. The third-order valence-corrected chi connectivity index (χ3v) is 4.09. The van der Waals surface area contributed by atoms with Crippen LogP contribution in [0.2, 0.25) is 5.02 Å². The molecule has 1 heterocycles. The second-order valence-electron chi connectivity index (χ2n) is 4.50. The SMILES string of the molecule is O=C1CC(CS(=O)(=O)F)CN1c1cc(F)c(F)cc1Cl. The summed E-state index contributed by atoms with van der Waals surface area (Å²) < 4.78 is 59.9. The molecular weight excluding hydrogens is 319 g/mol. The molecule has 2 rings (SSSR count). The summed E-state index contributed by atoms with van der Waals surface area (Å²) in [5.41, 5.74) is -0.0608. The van der Waals surface area contributed by atoms with E-state index in [1.54, 1.807) is 0 Å². The van der Waals surface area contributed by atoms with Gasteiger partial charge in [0.15, 0.2) is 11.6 Å². The van der Waals surface area contributed by atoms with E-state index in [2.05, 4.69) is 0 Å². The Labute approximate surface area is 118 Å². The van der Waals surface area contributed by atoms with E-state index in [0.29, 0.717) is 0 Å². The number of benzene rings is 1. The molecule has 4 nitrogen and oxygen atoms in total. The number of carbonyl (C=O) groups excluding carboxylic acids is 1. The molecule has 0 saturated carbocycles. The molecule has 1 unspecified atom stereocenters. The van der Waals surface area contributed by atoms with E-state index >= 15 is 0 Å². The number of amides is 1. The second-order valence-corrected chi connectivity index (χ2v) is 6.32. The largest absolute Gasteiger partial charge is 0.310 e. The molecule has 1 aliphatic rings. The first-order valence-electron chi connectivity index (χ1n) is 5.54. The standard InChI is InChI=1S/C11H9ClF3NO3S/c12-7-2-8(13)9(14)3-10(7)16-4-6(1-11(16)17)5-20(15,18)19/h2-3,6H,1,4-5H2. The van der Waals surface area contributed by atoms with Gasteiger partial charge < -0.3 is 4.90 Å². The summed E-state index contributed by atoms with van der Waals surface area (Å²) in [6.07, 6.45) is -0.196. The fourth-order valence-electron chi connectivity index (χ4n) is 2.13. The lowest BCUT2D eigenvalue weighted by Crippen LogP contribution is -2.26. The zero-order chi connectivity index (χ0) is 15.1. The van der Waals surface area contributed by atoms with Crippen LogP contribution in [-0.4, -0.2) is 26.6 Å². The molecule has 0 bridgehead atoms. The lowest BCUT2D eigenvalue weighted by Gasteiger charge is -2.18. The minimum atomic E-state index is -4.71.